The molecule has 0 rings (SSSR count). The second kappa shape index (κ2) is 12.6. The quantitative estimate of drug-likeness (QED) is 0.398. The van der Waals surface area contributed by atoms with Crippen LogP contribution in [0.1, 0.15) is 48.0 Å². The Morgan fingerprint density at radius 3 is 2.39 bits per heavy atom. The van der Waals surface area contributed by atoms with Crippen LogP contribution in [0.2, 0.25) is 0 Å². The third kappa shape index (κ3) is 11.6. The summed E-state index contributed by atoms with van der Waals surface area (Å²) in [6.45, 7) is 16.0. The van der Waals surface area contributed by atoms with Crippen molar-refractivity contribution < 1.29 is 0 Å². The summed E-state index contributed by atoms with van der Waals surface area (Å²) < 4.78 is 0. The van der Waals surface area contributed by atoms with Gasteiger partial charge in [0.15, 0.2) is 0 Å². The lowest BCUT2D eigenvalue weighted by atomic mass is 9.81. The van der Waals surface area contributed by atoms with Gasteiger partial charge >= 0.3 is 0 Å². The zero-order valence-electron chi connectivity index (χ0n) is 13.0. The standard InChI is InChI=1S/C12H26N4.C2H6/c1-11(2)12(3,4)8-14-6-5-7-15-10-16-9-13;1-2/h9-11,14H,5-8H2,1-4H3,(H2,13,15,16);1-2H3. The molecule has 0 aromatic carbocycles. The van der Waals surface area contributed by atoms with Gasteiger partial charge in [-0.05, 0) is 24.3 Å². The molecule has 4 nitrogen and oxygen atoms in total. The third-order valence-corrected chi connectivity index (χ3v) is 3.02. The minimum Gasteiger partial charge on any atom is -0.390 e. The molecule has 108 valence electrons. The molecular formula is C14H32N4. The maximum absolute atomic E-state index is 5.07. The molecule has 0 aliphatic heterocycles. The van der Waals surface area contributed by atoms with Crippen LogP contribution < -0.4 is 11.1 Å². The number of nitrogens with zero attached hydrogens (tertiary/aromatic N) is 2. The van der Waals surface area contributed by atoms with Crippen molar-refractivity contribution in [2.24, 2.45) is 27.1 Å². The molecule has 0 aromatic heterocycles. The molecule has 0 aliphatic carbocycles. The van der Waals surface area contributed by atoms with Crippen molar-refractivity contribution in [2.75, 3.05) is 19.6 Å². The van der Waals surface area contributed by atoms with Crippen LogP contribution in [0.4, 0.5) is 0 Å². The summed E-state index contributed by atoms with van der Waals surface area (Å²) in [5.41, 5.74) is 5.43. The highest BCUT2D eigenvalue weighted by Crippen LogP contribution is 2.24. The number of hydrogen-bond acceptors (Lipinski definition) is 2. The van der Waals surface area contributed by atoms with E-state index in [1.807, 2.05) is 13.8 Å². The first kappa shape index (κ1) is 19.4. The van der Waals surface area contributed by atoms with Crippen LogP contribution in [0, 0.1) is 11.3 Å². The molecule has 0 bridgehead atoms. The summed E-state index contributed by atoms with van der Waals surface area (Å²) in [4.78, 5) is 7.78. The zero-order chi connectivity index (χ0) is 14.4. The van der Waals surface area contributed by atoms with Crippen LogP contribution >= 0.6 is 0 Å². The average Bonchev–Trinajstić information content (AvgIpc) is 2.35. The average molecular weight is 256 g/mol. The first-order valence-electron chi connectivity index (χ1n) is 6.93. The fourth-order valence-corrected chi connectivity index (χ4v) is 1.05. The van der Waals surface area contributed by atoms with Gasteiger partial charge in [-0.25, -0.2) is 4.99 Å². The molecule has 4 heteroatoms. The lowest BCUT2D eigenvalue weighted by molar-refractivity contribution is 0.238. The van der Waals surface area contributed by atoms with Crippen molar-refractivity contribution in [1.82, 2.24) is 5.32 Å². The van der Waals surface area contributed by atoms with Crippen LogP contribution in [0.15, 0.2) is 9.98 Å². The van der Waals surface area contributed by atoms with Gasteiger partial charge in [0.05, 0.1) is 6.34 Å². The molecule has 0 radical (unpaired) electrons. The Morgan fingerprint density at radius 1 is 1.28 bits per heavy atom. The Morgan fingerprint density at radius 2 is 1.89 bits per heavy atom. The number of nitrogens with two attached hydrogens (primary N) is 1. The number of nitrogens with one attached hydrogen (secondary N) is 1. The van der Waals surface area contributed by atoms with Gasteiger partial charge in [-0.3, -0.25) is 4.99 Å². The van der Waals surface area contributed by atoms with Gasteiger partial charge in [-0.1, -0.05) is 41.5 Å². The SMILES string of the molecule is CC.CC(C)C(C)(C)CNCCCN=CN=CN. The molecule has 3 N–H and O–H groups in total. The normalized spacial score (nSPS) is 12.2. The first-order valence-corrected chi connectivity index (χ1v) is 6.93. The van der Waals surface area contributed by atoms with E-state index in [2.05, 4.69) is 43.0 Å². The van der Waals surface area contributed by atoms with E-state index in [1.165, 1.54) is 12.7 Å². The van der Waals surface area contributed by atoms with Crippen molar-refractivity contribution in [1.29, 1.82) is 0 Å². The monoisotopic (exact) mass is 256 g/mol. The Bertz CT molecular complexity index is 220. The van der Waals surface area contributed by atoms with Crippen LogP contribution in [-0.2, 0) is 0 Å². The van der Waals surface area contributed by atoms with Gasteiger partial charge in [0.1, 0.15) is 6.34 Å². The highest BCUT2D eigenvalue weighted by atomic mass is 14.9. The van der Waals surface area contributed by atoms with Gasteiger partial charge in [0.25, 0.3) is 0 Å². The van der Waals surface area contributed by atoms with Gasteiger partial charge in [-0.2, -0.15) is 0 Å². The molecule has 0 saturated carbocycles. The maximum Gasteiger partial charge on any atom is 0.111 e. The summed E-state index contributed by atoms with van der Waals surface area (Å²) in [7, 11) is 0. The molecule has 0 amide bonds. The number of hydrogen-bond donors (Lipinski definition) is 2. The van der Waals surface area contributed by atoms with E-state index >= 15 is 0 Å². The molecule has 0 spiro atoms. The molecule has 0 unspecified atom stereocenters. The van der Waals surface area contributed by atoms with Crippen molar-refractivity contribution in [2.45, 2.75) is 48.0 Å². The fraction of sp³-hybridized carbons (Fsp3) is 0.857. The predicted octanol–water partition coefficient (Wildman–Crippen LogP) is 2.69. The molecule has 0 fully saturated rings. The van der Waals surface area contributed by atoms with Gasteiger partial charge in [0.2, 0.25) is 0 Å². The fourth-order valence-electron chi connectivity index (χ4n) is 1.05. The second-order valence-electron chi connectivity index (χ2n) is 4.99. The van der Waals surface area contributed by atoms with E-state index in [9.17, 15) is 0 Å². The van der Waals surface area contributed by atoms with Crippen LogP contribution in [0.5, 0.6) is 0 Å². The minimum absolute atomic E-state index is 0.354. The van der Waals surface area contributed by atoms with Gasteiger partial charge < -0.3 is 11.1 Å². The number of aliphatic imine (C=N–C) groups is 2. The summed E-state index contributed by atoms with van der Waals surface area (Å²) in [6.07, 6.45) is 3.77. The molecule has 0 atom stereocenters. The highest BCUT2D eigenvalue weighted by molar-refractivity contribution is 5.69. The summed E-state index contributed by atoms with van der Waals surface area (Å²) in [6, 6.07) is 0. The second-order valence-corrected chi connectivity index (χ2v) is 4.99. The Labute approximate surface area is 113 Å². The van der Waals surface area contributed by atoms with Gasteiger partial charge in [-0.15, -0.1) is 0 Å². The van der Waals surface area contributed by atoms with Crippen LogP contribution in [0.3, 0.4) is 0 Å². The Kier molecular flexibility index (Phi) is 13.6. The lowest BCUT2D eigenvalue weighted by Gasteiger charge is -2.29. The molecular weight excluding hydrogens is 224 g/mol. The topological polar surface area (TPSA) is 62.8 Å². The molecule has 18 heavy (non-hydrogen) atoms. The van der Waals surface area contributed by atoms with E-state index in [0.717, 1.165) is 26.1 Å². The van der Waals surface area contributed by atoms with E-state index < -0.39 is 0 Å². The van der Waals surface area contributed by atoms with E-state index in [0.29, 0.717) is 11.3 Å². The lowest BCUT2D eigenvalue weighted by Crippen LogP contribution is -2.34. The molecule has 0 aromatic rings. The summed E-state index contributed by atoms with van der Waals surface area (Å²) >= 11 is 0. The summed E-state index contributed by atoms with van der Waals surface area (Å²) in [5, 5.41) is 3.46. The van der Waals surface area contributed by atoms with Crippen LogP contribution in [-0.4, -0.2) is 32.3 Å². The van der Waals surface area contributed by atoms with Crippen molar-refractivity contribution >= 4 is 12.7 Å². The van der Waals surface area contributed by atoms with E-state index in [4.69, 9.17) is 5.73 Å². The largest absolute Gasteiger partial charge is 0.390 e. The number of rotatable bonds is 8. The molecule has 0 heterocycles. The highest BCUT2D eigenvalue weighted by Gasteiger charge is 2.21. The zero-order valence-corrected chi connectivity index (χ0v) is 13.0. The van der Waals surface area contributed by atoms with Gasteiger partial charge in [0, 0.05) is 13.1 Å². The van der Waals surface area contributed by atoms with E-state index in [-0.39, 0.29) is 0 Å². The predicted molar refractivity (Wildman–Crippen MR) is 83.5 cm³/mol. The molecule has 0 saturated heterocycles. The van der Waals surface area contributed by atoms with Crippen molar-refractivity contribution in [3.8, 4) is 0 Å². The van der Waals surface area contributed by atoms with E-state index in [1.54, 1.807) is 0 Å². The smallest absolute Gasteiger partial charge is 0.111 e. The summed E-state index contributed by atoms with van der Waals surface area (Å²) in [5.74, 6) is 0.692. The van der Waals surface area contributed by atoms with Crippen LogP contribution in [0.25, 0.3) is 0 Å². The Hall–Kier alpha value is -0.900. The first-order chi connectivity index (χ1) is 8.50. The van der Waals surface area contributed by atoms with Crippen molar-refractivity contribution in [3.05, 3.63) is 0 Å². The molecule has 0 aliphatic rings. The maximum atomic E-state index is 5.07. The minimum atomic E-state index is 0.354. The van der Waals surface area contributed by atoms with Crippen molar-refractivity contribution in [3.63, 3.8) is 0 Å². The Balaban J connectivity index is 0. The third-order valence-electron chi connectivity index (χ3n) is 3.02.